The van der Waals surface area contributed by atoms with E-state index >= 15 is 0 Å². The molecule has 2 heterocycles. The predicted octanol–water partition coefficient (Wildman–Crippen LogP) is 3.84. The Morgan fingerprint density at radius 1 is 1.18 bits per heavy atom. The Morgan fingerprint density at radius 2 is 1.97 bits per heavy atom. The van der Waals surface area contributed by atoms with E-state index in [1.54, 1.807) is 13.0 Å². The third-order valence-electron chi connectivity index (χ3n) is 5.90. The largest absolute Gasteiger partial charge is 0.322 e. The van der Waals surface area contributed by atoms with Crippen molar-refractivity contribution in [2.75, 3.05) is 11.9 Å². The molecule has 0 fully saturated rings. The van der Waals surface area contributed by atoms with E-state index in [0.29, 0.717) is 30.8 Å². The topological polar surface area (TPSA) is 67.2 Å². The summed E-state index contributed by atoms with van der Waals surface area (Å²) >= 11 is 0. The number of hydrogen-bond donors (Lipinski definition) is 1. The van der Waals surface area contributed by atoms with Crippen molar-refractivity contribution < 1.29 is 9.18 Å². The number of amides is 1. The molecule has 0 radical (unpaired) electrons. The van der Waals surface area contributed by atoms with Crippen LogP contribution in [0.4, 0.5) is 10.1 Å². The lowest BCUT2D eigenvalue weighted by molar-refractivity contribution is -0.116. The molecule has 0 atom stereocenters. The molecule has 1 aliphatic rings. The Labute approximate surface area is 193 Å². The summed E-state index contributed by atoms with van der Waals surface area (Å²) in [6, 6.07) is 14.9. The van der Waals surface area contributed by atoms with Crippen LogP contribution in [0.5, 0.6) is 0 Å². The number of rotatable bonds is 7. The Hall–Kier alpha value is -3.32. The molecule has 0 unspecified atom stereocenters. The highest BCUT2D eigenvalue weighted by molar-refractivity contribution is 5.90. The van der Waals surface area contributed by atoms with Crippen molar-refractivity contribution in [2.45, 2.75) is 52.7 Å². The van der Waals surface area contributed by atoms with Crippen LogP contribution in [-0.4, -0.2) is 26.9 Å². The first-order valence-corrected chi connectivity index (χ1v) is 11.4. The normalized spacial score (nSPS) is 13.5. The van der Waals surface area contributed by atoms with Gasteiger partial charge in [0.05, 0.1) is 11.4 Å². The van der Waals surface area contributed by atoms with Gasteiger partial charge in [0, 0.05) is 31.6 Å². The second-order valence-electron chi connectivity index (χ2n) is 8.57. The van der Waals surface area contributed by atoms with E-state index in [9.17, 15) is 14.0 Å². The maximum Gasteiger partial charge on any atom is 0.257 e. The minimum absolute atomic E-state index is 0.109. The van der Waals surface area contributed by atoms with Gasteiger partial charge in [-0.15, -0.1) is 0 Å². The fourth-order valence-corrected chi connectivity index (χ4v) is 4.24. The SMILES string of the molecule is CCCc1nc2c(c(=O)n1CC(=O)Nc1ccc(C)cc1F)CCN(Cc1ccccc1)C2. The first-order chi connectivity index (χ1) is 15.9. The molecule has 0 saturated carbocycles. The van der Waals surface area contributed by atoms with Crippen molar-refractivity contribution in [3.63, 3.8) is 0 Å². The van der Waals surface area contributed by atoms with Crippen molar-refractivity contribution in [1.82, 2.24) is 14.5 Å². The fraction of sp³-hybridized carbons (Fsp3) is 0.346. The molecule has 172 valence electrons. The molecule has 0 bridgehead atoms. The average Bonchev–Trinajstić information content (AvgIpc) is 2.79. The second kappa shape index (κ2) is 10.1. The highest BCUT2D eigenvalue weighted by Crippen LogP contribution is 2.19. The van der Waals surface area contributed by atoms with E-state index in [1.807, 2.05) is 25.1 Å². The molecule has 7 heteroatoms. The first kappa shape index (κ1) is 22.9. The van der Waals surface area contributed by atoms with Crippen LogP contribution in [0, 0.1) is 12.7 Å². The fourth-order valence-electron chi connectivity index (χ4n) is 4.24. The Kier molecular flexibility index (Phi) is 6.99. The van der Waals surface area contributed by atoms with Crippen molar-refractivity contribution in [2.24, 2.45) is 0 Å². The summed E-state index contributed by atoms with van der Waals surface area (Å²) < 4.78 is 15.6. The van der Waals surface area contributed by atoms with Gasteiger partial charge in [0.1, 0.15) is 18.2 Å². The number of hydrogen-bond acceptors (Lipinski definition) is 4. The van der Waals surface area contributed by atoms with Crippen LogP contribution >= 0.6 is 0 Å². The molecule has 1 amide bonds. The lowest BCUT2D eigenvalue weighted by Crippen LogP contribution is -2.40. The molecule has 0 saturated heterocycles. The highest BCUT2D eigenvalue weighted by atomic mass is 19.1. The Morgan fingerprint density at radius 3 is 2.70 bits per heavy atom. The molecular formula is C26H29FN4O2. The average molecular weight is 449 g/mol. The summed E-state index contributed by atoms with van der Waals surface area (Å²) in [5.74, 6) is -0.339. The van der Waals surface area contributed by atoms with Crippen molar-refractivity contribution >= 4 is 11.6 Å². The minimum atomic E-state index is -0.494. The van der Waals surface area contributed by atoms with Crippen molar-refractivity contribution in [3.8, 4) is 0 Å². The van der Waals surface area contributed by atoms with Gasteiger partial charge in [-0.1, -0.05) is 43.3 Å². The zero-order valence-corrected chi connectivity index (χ0v) is 19.1. The summed E-state index contributed by atoms with van der Waals surface area (Å²) in [5, 5.41) is 2.59. The van der Waals surface area contributed by atoms with E-state index < -0.39 is 11.7 Å². The maximum atomic E-state index is 14.1. The molecule has 6 nitrogen and oxygen atoms in total. The number of aryl methyl sites for hydroxylation is 2. The van der Waals surface area contributed by atoms with Crippen LogP contribution in [0.15, 0.2) is 53.3 Å². The van der Waals surface area contributed by atoms with Gasteiger partial charge in [-0.05, 0) is 43.0 Å². The number of aromatic nitrogens is 2. The van der Waals surface area contributed by atoms with E-state index in [2.05, 4.69) is 22.3 Å². The monoisotopic (exact) mass is 448 g/mol. The van der Waals surface area contributed by atoms with Gasteiger partial charge in [0.25, 0.3) is 5.56 Å². The third kappa shape index (κ3) is 5.37. The molecule has 1 aromatic heterocycles. The van der Waals surface area contributed by atoms with Crippen LogP contribution < -0.4 is 10.9 Å². The summed E-state index contributed by atoms with van der Waals surface area (Å²) in [5.41, 5.74) is 3.41. The van der Waals surface area contributed by atoms with E-state index in [4.69, 9.17) is 4.98 Å². The Bertz CT molecular complexity index is 1210. The quantitative estimate of drug-likeness (QED) is 0.596. The summed E-state index contributed by atoms with van der Waals surface area (Å²) in [7, 11) is 0. The van der Waals surface area contributed by atoms with Crippen molar-refractivity contribution in [3.05, 3.63) is 92.9 Å². The van der Waals surface area contributed by atoms with E-state index in [1.165, 1.54) is 22.3 Å². The van der Waals surface area contributed by atoms with Crippen molar-refractivity contribution in [1.29, 1.82) is 0 Å². The summed E-state index contributed by atoms with van der Waals surface area (Å²) in [4.78, 5) is 33.1. The number of anilines is 1. The number of fused-ring (bicyclic) bond motifs is 1. The number of carbonyl (C=O) groups excluding carboxylic acids is 1. The van der Waals surface area contributed by atoms with Gasteiger partial charge in [-0.25, -0.2) is 9.37 Å². The van der Waals surface area contributed by atoms with E-state index in [0.717, 1.165) is 30.8 Å². The first-order valence-electron chi connectivity index (χ1n) is 11.4. The van der Waals surface area contributed by atoms with Gasteiger partial charge < -0.3 is 5.32 Å². The molecule has 0 aliphatic carbocycles. The minimum Gasteiger partial charge on any atom is -0.322 e. The number of nitrogens with zero attached hydrogens (tertiary/aromatic N) is 3. The smallest absolute Gasteiger partial charge is 0.257 e. The van der Waals surface area contributed by atoms with Crippen LogP contribution in [0.25, 0.3) is 0 Å². The van der Waals surface area contributed by atoms with Crippen LogP contribution in [0.3, 0.4) is 0 Å². The lowest BCUT2D eigenvalue weighted by atomic mass is 10.0. The lowest BCUT2D eigenvalue weighted by Gasteiger charge is -2.29. The van der Waals surface area contributed by atoms with Gasteiger partial charge in [-0.3, -0.25) is 19.1 Å². The van der Waals surface area contributed by atoms with Gasteiger partial charge in [-0.2, -0.15) is 0 Å². The molecule has 1 N–H and O–H groups in total. The molecule has 33 heavy (non-hydrogen) atoms. The second-order valence-corrected chi connectivity index (χ2v) is 8.57. The maximum absolute atomic E-state index is 14.1. The standard InChI is InChI=1S/C26H29FN4O2/c1-3-7-24-28-23-16-30(15-19-8-5-4-6-9-19)13-12-20(23)26(33)31(24)17-25(32)29-22-11-10-18(2)14-21(22)27/h4-6,8-11,14H,3,7,12-13,15-17H2,1-2H3,(H,29,32). The molecule has 1 aliphatic heterocycles. The highest BCUT2D eigenvalue weighted by Gasteiger charge is 2.24. The summed E-state index contributed by atoms with van der Waals surface area (Å²) in [6.07, 6.45) is 1.98. The zero-order valence-electron chi connectivity index (χ0n) is 19.1. The van der Waals surface area contributed by atoms with Gasteiger partial charge in [0.2, 0.25) is 5.91 Å². The number of benzene rings is 2. The van der Waals surface area contributed by atoms with Gasteiger partial charge in [0.15, 0.2) is 0 Å². The third-order valence-corrected chi connectivity index (χ3v) is 5.90. The predicted molar refractivity (Wildman–Crippen MR) is 127 cm³/mol. The molecule has 4 rings (SSSR count). The van der Waals surface area contributed by atoms with Crippen LogP contribution in [-0.2, 0) is 37.3 Å². The number of halogens is 1. The van der Waals surface area contributed by atoms with Crippen LogP contribution in [0.2, 0.25) is 0 Å². The molecule has 0 spiro atoms. The zero-order chi connectivity index (χ0) is 23.4. The van der Waals surface area contributed by atoms with Gasteiger partial charge >= 0.3 is 0 Å². The van der Waals surface area contributed by atoms with Crippen LogP contribution in [0.1, 0.15) is 41.6 Å². The molecule has 3 aromatic rings. The molecule has 2 aromatic carbocycles. The Balaban J connectivity index is 1.55. The number of nitrogens with one attached hydrogen (secondary N) is 1. The summed E-state index contributed by atoms with van der Waals surface area (Å²) in [6.45, 7) is 5.78. The van der Waals surface area contributed by atoms with E-state index in [-0.39, 0.29) is 17.8 Å². The molecular weight excluding hydrogens is 419 g/mol. The number of carbonyl (C=O) groups is 1.